The first-order valence-electron chi connectivity index (χ1n) is 9.55. The van der Waals surface area contributed by atoms with E-state index < -0.39 is 0 Å². The molecule has 0 saturated carbocycles. The molecule has 5 rings (SSSR count). The fourth-order valence-electron chi connectivity index (χ4n) is 3.85. The Morgan fingerprint density at radius 3 is 2.38 bits per heavy atom. The van der Waals surface area contributed by atoms with Gasteiger partial charge < -0.3 is 4.57 Å². The van der Waals surface area contributed by atoms with Crippen LogP contribution in [-0.2, 0) is 6.54 Å². The molecular weight excluding hydrogens is 361 g/mol. The number of para-hydroxylation sites is 1. The molecule has 0 saturated heterocycles. The monoisotopic (exact) mass is 379 g/mol. The van der Waals surface area contributed by atoms with E-state index in [1.165, 1.54) is 6.07 Å². The van der Waals surface area contributed by atoms with E-state index >= 15 is 0 Å². The summed E-state index contributed by atoms with van der Waals surface area (Å²) in [5.41, 5.74) is 2.79. The minimum atomic E-state index is -0.243. The number of ketones is 1. The van der Waals surface area contributed by atoms with E-state index in [4.69, 9.17) is 0 Å². The van der Waals surface area contributed by atoms with Crippen molar-refractivity contribution in [1.82, 2.24) is 4.57 Å². The molecule has 0 fully saturated rings. The van der Waals surface area contributed by atoms with E-state index in [1.54, 1.807) is 12.1 Å². The number of rotatable bonds is 4. The van der Waals surface area contributed by atoms with E-state index in [0.717, 1.165) is 21.7 Å². The highest BCUT2D eigenvalue weighted by atomic mass is 19.1. The Morgan fingerprint density at radius 1 is 0.793 bits per heavy atom. The van der Waals surface area contributed by atoms with E-state index in [-0.39, 0.29) is 11.6 Å². The van der Waals surface area contributed by atoms with Gasteiger partial charge in [0.25, 0.3) is 0 Å². The summed E-state index contributed by atoms with van der Waals surface area (Å²) in [6, 6.07) is 28.3. The molecule has 0 unspecified atom stereocenters. The molecule has 0 bridgehead atoms. The second-order valence-corrected chi connectivity index (χ2v) is 7.17. The molecule has 1 heterocycles. The molecule has 0 aliphatic heterocycles. The van der Waals surface area contributed by atoms with Crippen molar-refractivity contribution in [2.45, 2.75) is 6.54 Å². The van der Waals surface area contributed by atoms with Gasteiger partial charge in [-0.15, -0.1) is 0 Å². The lowest BCUT2D eigenvalue weighted by molar-refractivity contribution is 0.104. The molecule has 0 atom stereocenters. The third-order valence-corrected chi connectivity index (χ3v) is 5.34. The molecule has 1 aromatic heterocycles. The highest BCUT2D eigenvalue weighted by Crippen LogP contribution is 2.26. The van der Waals surface area contributed by atoms with Crippen LogP contribution in [0, 0.1) is 5.82 Å². The number of hydrogen-bond acceptors (Lipinski definition) is 1. The summed E-state index contributed by atoms with van der Waals surface area (Å²) in [4.78, 5) is 13.3. The zero-order chi connectivity index (χ0) is 19.8. The Hall–Kier alpha value is -3.72. The normalized spacial score (nSPS) is 11.2. The summed E-state index contributed by atoms with van der Waals surface area (Å²) in [7, 11) is 0. The number of hydrogen-bond donors (Lipinski definition) is 0. The van der Waals surface area contributed by atoms with Gasteiger partial charge >= 0.3 is 0 Å². The Morgan fingerprint density at radius 2 is 1.52 bits per heavy atom. The maximum absolute atomic E-state index is 14.2. The second-order valence-electron chi connectivity index (χ2n) is 7.17. The fraction of sp³-hybridized carbons (Fsp3) is 0.0385. The maximum atomic E-state index is 14.2. The maximum Gasteiger partial charge on any atom is 0.195 e. The molecule has 0 aliphatic rings. The quantitative estimate of drug-likeness (QED) is 0.340. The van der Waals surface area contributed by atoms with Crippen molar-refractivity contribution in [2.75, 3.05) is 0 Å². The fourth-order valence-corrected chi connectivity index (χ4v) is 3.85. The van der Waals surface area contributed by atoms with Crippen molar-refractivity contribution in [3.05, 3.63) is 120 Å². The number of carbonyl (C=O) groups excluding carboxylic acids is 1. The van der Waals surface area contributed by atoms with Gasteiger partial charge in [-0.25, -0.2) is 4.39 Å². The second kappa shape index (κ2) is 7.02. The lowest BCUT2D eigenvalue weighted by Crippen LogP contribution is -2.02. The number of fused-ring (bicyclic) bond motifs is 2. The van der Waals surface area contributed by atoms with Gasteiger partial charge in [-0.3, -0.25) is 4.79 Å². The molecule has 5 aromatic rings. The van der Waals surface area contributed by atoms with Crippen molar-refractivity contribution in [3.63, 3.8) is 0 Å². The lowest BCUT2D eigenvalue weighted by atomic mass is 10.00. The summed E-state index contributed by atoms with van der Waals surface area (Å²) in [6.45, 7) is 0.373. The molecule has 0 radical (unpaired) electrons. The number of carbonyl (C=O) groups is 1. The molecule has 0 aliphatic carbocycles. The molecule has 29 heavy (non-hydrogen) atoms. The Labute approximate surface area is 167 Å². The predicted octanol–water partition coefficient (Wildman–Crippen LogP) is 6.21. The largest absolute Gasteiger partial charge is 0.342 e. The molecule has 0 amide bonds. The van der Waals surface area contributed by atoms with Crippen LogP contribution in [0.15, 0.2) is 97.2 Å². The van der Waals surface area contributed by atoms with Crippen LogP contribution in [0.25, 0.3) is 21.7 Å². The lowest BCUT2D eigenvalue weighted by Gasteiger charge is -2.06. The van der Waals surface area contributed by atoms with Crippen LogP contribution in [0.2, 0.25) is 0 Å². The van der Waals surface area contributed by atoms with Gasteiger partial charge in [0.2, 0.25) is 0 Å². The molecule has 3 heteroatoms. The van der Waals surface area contributed by atoms with E-state index in [1.807, 2.05) is 83.6 Å². The summed E-state index contributed by atoms with van der Waals surface area (Å²) < 4.78 is 16.1. The summed E-state index contributed by atoms with van der Waals surface area (Å²) >= 11 is 0. The first-order valence-corrected chi connectivity index (χ1v) is 9.55. The van der Waals surface area contributed by atoms with Gasteiger partial charge in [0, 0.05) is 33.8 Å². The zero-order valence-electron chi connectivity index (χ0n) is 15.7. The van der Waals surface area contributed by atoms with Gasteiger partial charge in [0.05, 0.1) is 6.54 Å². The number of halogens is 1. The average Bonchev–Trinajstić information content (AvgIpc) is 3.13. The third kappa shape index (κ3) is 3.11. The Kier molecular flexibility index (Phi) is 4.21. The summed E-state index contributed by atoms with van der Waals surface area (Å²) in [5.74, 6) is -0.271. The van der Waals surface area contributed by atoms with Crippen LogP contribution in [0.5, 0.6) is 0 Å². The topological polar surface area (TPSA) is 22.0 Å². The molecular formula is C26H18FNO. The van der Waals surface area contributed by atoms with E-state index in [0.29, 0.717) is 23.2 Å². The van der Waals surface area contributed by atoms with Crippen molar-refractivity contribution in [3.8, 4) is 0 Å². The highest BCUT2D eigenvalue weighted by Gasteiger charge is 2.17. The SMILES string of the molecule is O=C(c1ccc2ccccc2c1)c1cn(Cc2ccccc2F)c2ccccc12. The third-order valence-electron chi connectivity index (χ3n) is 5.34. The molecule has 0 N–H and O–H groups in total. The van der Waals surface area contributed by atoms with Gasteiger partial charge in [0.1, 0.15) is 5.82 Å². The first kappa shape index (κ1) is 17.4. The standard InChI is InChI=1S/C26H18FNO/c27-24-11-5-3-9-21(24)16-28-17-23(22-10-4-6-12-25(22)28)26(29)20-14-13-18-7-1-2-8-19(18)15-20/h1-15,17H,16H2. The molecule has 140 valence electrons. The minimum absolute atomic E-state index is 0.0285. The Balaban J connectivity index is 1.61. The molecule has 4 aromatic carbocycles. The molecule has 0 spiro atoms. The van der Waals surface area contributed by atoms with Gasteiger partial charge in [0.15, 0.2) is 5.78 Å². The zero-order valence-corrected chi connectivity index (χ0v) is 15.7. The van der Waals surface area contributed by atoms with Crippen LogP contribution in [0.3, 0.4) is 0 Å². The van der Waals surface area contributed by atoms with Gasteiger partial charge in [-0.1, -0.05) is 72.8 Å². The van der Waals surface area contributed by atoms with Crippen LogP contribution in [-0.4, -0.2) is 10.4 Å². The number of nitrogens with zero attached hydrogens (tertiary/aromatic N) is 1. The van der Waals surface area contributed by atoms with Crippen molar-refractivity contribution in [1.29, 1.82) is 0 Å². The van der Waals surface area contributed by atoms with Crippen LogP contribution in [0.4, 0.5) is 4.39 Å². The first-order chi connectivity index (χ1) is 14.2. The number of benzene rings is 4. The smallest absolute Gasteiger partial charge is 0.195 e. The predicted molar refractivity (Wildman–Crippen MR) is 115 cm³/mol. The minimum Gasteiger partial charge on any atom is -0.342 e. The molecule has 2 nitrogen and oxygen atoms in total. The van der Waals surface area contributed by atoms with Crippen molar-refractivity contribution < 1.29 is 9.18 Å². The summed E-state index contributed by atoms with van der Waals surface area (Å²) in [5, 5.41) is 3.02. The number of aromatic nitrogens is 1. The highest BCUT2D eigenvalue weighted by molar-refractivity contribution is 6.17. The van der Waals surface area contributed by atoms with Gasteiger partial charge in [-0.2, -0.15) is 0 Å². The summed E-state index contributed by atoms with van der Waals surface area (Å²) in [6.07, 6.45) is 1.84. The van der Waals surface area contributed by atoms with Crippen LogP contribution < -0.4 is 0 Å². The van der Waals surface area contributed by atoms with Crippen LogP contribution >= 0.6 is 0 Å². The van der Waals surface area contributed by atoms with Crippen molar-refractivity contribution in [2.24, 2.45) is 0 Å². The van der Waals surface area contributed by atoms with Gasteiger partial charge in [-0.05, 0) is 29.0 Å². The van der Waals surface area contributed by atoms with Crippen molar-refractivity contribution >= 4 is 27.5 Å². The van der Waals surface area contributed by atoms with Crippen LogP contribution in [0.1, 0.15) is 21.5 Å². The van der Waals surface area contributed by atoms with E-state index in [9.17, 15) is 9.18 Å². The van der Waals surface area contributed by atoms with E-state index in [2.05, 4.69) is 0 Å². The average molecular weight is 379 g/mol. The Bertz CT molecular complexity index is 1370.